The van der Waals surface area contributed by atoms with Gasteiger partial charge in [-0.2, -0.15) is 15.1 Å². The number of aliphatic imine (C=N–C) groups is 1. The summed E-state index contributed by atoms with van der Waals surface area (Å²) >= 11 is 1.32. The molecule has 3 aromatic carbocycles. The van der Waals surface area contributed by atoms with Gasteiger partial charge in [0.2, 0.25) is 5.17 Å². The molecule has 2 aliphatic rings. The molecule has 0 spiro atoms. The Morgan fingerprint density at radius 3 is 2.53 bits per heavy atom. The third-order valence-corrected chi connectivity index (χ3v) is 7.36. The molecule has 1 aromatic heterocycles. The predicted octanol–water partition coefficient (Wildman–Crippen LogP) is 5.97. The van der Waals surface area contributed by atoms with Gasteiger partial charge in [0.1, 0.15) is 5.04 Å². The molecule has 4 aromatic rings. The average Bonchev–Trinajstić information content (AvgIpc) is 3.45. The quantitative estimate of drug-likeness (QED) is 0.359. The highest BCUT2D eigenvalue weighted by Gasteiger charge is 2.36. The van der Waals surface area contributed by atoms with Gasteiger partial charge < -0.3 is 4.57 Å². The van der Waals surface area contributed by atoms with E-state index in [4.69, 9.17) is 5.41 Å². The summed E-state index contributed by atoms with van der Waals surface area (Å²) in [7, 11) is 0. The van der Waals surface area contributed by atoms with Crippen LogP contribution in [-0.2, 0) is 11.3 Å². The number of hydrogen-bond acceptors (Lipinski definition) is 4. The minimum Gasteiger partial charge on any atom is -0.342 e. The van der Waals surface area contributed by atoms with Gasteiger partial charge in [0.05, 0.1) is 5.57 Å². The second-order valence-corrected chi connectivity index (χ2v) is 9.91. The van der Waals surface area contributed by atoms with Crippen molar-refractivity contribution in [3.63, 3.8) is 0 Å². The highest BCUT2D eigenvalue weighted by atomic mass is 32.2. The Labute approximate surface area is 213 Å². The molecule has 1 amide bonds. The van der Waals surface area contributed by atoms with Crippen LogP contribution >= 0.6 is 11.8 Å². The number of rotatable bonds is 4. The summed E-state index contributed by atoms with van der Waals surface area (Å²) in [5, 5.41) is 17.1. The fourth-order valence-corrected chi connectivity index (χ4v) is 5.46. The number of nitrogens with one attached hydrogen (secondary N) is 1. The number of thioether (sulfide) groups is 1. The molecule has 0 aliphatic carbocycles. The third-order valence-electron chi connectivity index (χ3n) is 6.42. The zero-order valence-corrected chi connectivity index (χ0v) is 20.7. The Balaban J connectivity index is 1.37. The lowest BCUT2D eigenvalue weighted by molar-refractivity contribution is -0.114. The fraction of sp³-hybridized carbons (Fsp3) is 0.103. The molecule has 0 unspecified atom stereocenters. The van der Waals surface area contributed by atoms with Crippen LogP contribution in [0.2, 0.25) is 0 Å². The van der Waals surface area contributed by atoms with Crippen molar-refractivity contribution in [3.05, 3.63) is 112 Å². The molecule has 6 rings (SSSR count). The predicted molar refractivity (Wildman–Crippen MR) is 148 cm³/mol. The van der Waals surface area contributed by atoms with Gasteiger partial charge in [0, 0.05) is 34.8 Å². The Kier molecular flexibility index (Phi) is 5.42. The number of carbonyl (C=O) groups excluding carboxylic acids is 1. The molecule has 3 heterocycles. The maximum atomic E-state index is 13.0. The normalized spacial score (nSPS) is 16.5. The fourth-order valence-electron chi connectivity index (χ4n) is 4.48. The Morgan fingerprint density at radius 2 is 1.72 bits per heavy atom. The standard InChI is InChI=1S/C29H23N5OS/c1-18-11-13-20(14-12-18)16-33-17-21(23-9-5-6-10-25(23)33)15-24-26(30)34-29(31-27(24)35)36-28(32-34)22-8-4-3-7-19(22)2/h3-15,17,30H,16H2,1-2H3. The number of carbonyl (C=O) groups is 1. The van der Waals surface area contributed by atoms with E-state index in [2.05, 4.69) is 51.9 Å². The van der Waals surface area contributed by atoms with Crippen molar-refractivity contribution in [2.75, 3.05) is 0 Å². The first-order chi connectivity index (χ1) is 17.5. The van der Waals surface area contributed by atoms with Crippen LogP contribution in [0.3, 0.4) is 0 Å². The summed E-state index contributed by atoms with van der Waals surface area (Å²) in [4.78, 5) is 17.3. The lowest BCUT2D eigenvalue weighted by atomic mass is 10.1. The number of nitrogens with zero attached hydrogens (tertiary/aromatic N) is 4. The van der Waals surface area contributed by atoms with Crippen LogP contribution < -0.4 is 0 Å². The van der Waals surface area contributed by atoms with Crippen LogP contribution in [0.15, 0.2) is 94.7 Å². The molecule has 0 radical (unpaired) electrons. The molecule has 0 atom stereocenters. The monoisotopic (exact) mass is 489 g/mol. The third kappa shape index (κ3) is 3.87. The van der Waals surface area contributed by atoms with Crippen molar-refractivity contribution < 1.29 is 4.79 Å². The molecule has 0 saturated carbocycles. The van der Waals surface area contributed by atoms with E-state index in [-0.39, 0.29) is 11.4 Å². The highest BCUT2D eigenvalue weighted by molar-refractivity contribution is 8.27. The number of hydrogen-bond donors (Lipinski definition) is 1. The number of hydrazone groups is 1. The first kappa shape index (κ1) is 22.2. The summed E-state index contributed by atoms with van der Waals surface area (Å²) in [6, 6.07) is 24.6. The van der Waals surface area contributed by atoms with Crippen LogP contribution in [0.1, 0.15) is 27.8 Å². The second kappa shape index (κ2) is 8.77. The van der Waals surface area contributed by atoms with E-state index in [1.807, 2.05) is 55.6 Å². The van der Waals surface area contributed by atoms with E-state index in [0.717, 1.165) is 32.6 Å². The molecule has 0 saturated heterocycles. The van der Waals surface area contributed by atoms with E-state index in [1.165, 1.54) is 27.9 Å². The van der Waals surface area contributed by atoms with Gasteiger partial charge in [-0.1, -0.05) is 72.3 Å². The van der Waals surface area contributed by atoms with E-state index in [1.54, 1.807) is 6.08 Å². The zero-order chi connectivity index (χ0) is 24.8. The van der Waals surface area contributed by atoms with Crippen LogP contribution in [0.5, 0.6) is 0 Å². The number of para-hydroxylation sites is 1. The van der Waals surface area contributed by atoms with Gasteiger partial charge in [-0.3, -0.25) is 10.2 Å². The molecule has 7 heteroatoms. The first-order valence-corrected chi connectivity index (χ1v) is 12.5. The maximum Gasteiger partial charge on any atom is 0.283 e. The van der Waals surface area contributed by atoms with Gasteiger partial charge in [-0.25, -0.2) is 0 Å². The molecular formula is C29H23N5OS. The Hall–Kier alpha value is -4.23. The summed E-state index contributed by atoms with van der Waals surface area (Å²) < 4.78 is 2.18. The lowest BCUT2D eigenvalue weighted by Crippen LogP contribution is -2.35. The number of amides is 1. The van der Waals surface area contributed by atoms with Gasteiger partial charge in [-0.05, 0) is 48.9 Å². The van der Waals surface area contributed by atoms with E-state index < -0.39 is 5.91 Å². The van der Waals surface area contributed by atoms with Crippen LogP contribution in [0.25, 0.3) is 17.0 Å². The summed E-state index contributed by atoms with van der Waals surface area (Å²) in [6.45, 7) is 4.81. The van der Waals surface area contributed by atoms with Gasteiger partial charge in [0.15, 0.2) is 5.84 Å². The molecule has 2 aliphatic heterocycles. The Morgan fingerprint density at radius 1 is 0.972 bits per heavy atom. The number of amidine groups is 2. The zero-order valence-electron chi connectivity index (χ0n) is 19.9. The highest BCUT2D eigenvalue weighted by Crippen LogP contribution is 2.33. The molecule has 6 nitrogen and oxygen atoms in total. The van der Waals surface area contributed by atoms with Gasteiger partial charge in [-0.15, -0.1) is 0 Å². The minimum absolute atomic E-state index is 0.0384. The number of benzene rings is 3. The molecule has 36 heavy (non-hydrogen) atoms. The van der Waals surface area contributed by atoms with Crippen molar-refractivity contribution in [1.82, 2.24) is 9.58 Å². The van der Waals surface area contributed by atoms with E-state index in [0.29, 0.717) is 11.7 Å². The summed E-state index contributed by atoms with van der Waals surface area (Å²) in [5.74, 6) is -0.383. The number of fused-ring (bicyclic) bond motifs is 2. The molecule has 176 valence electrons. The minimum atomic E-state index is -0.421. The van der Waals surface area contributed by atoms with Crippen molar-refractivity contribution in [2.24, 2.45) is 10.1 Å². The largest absolute Gasteiger partial charge is 0.342 e. The molecule has 0 fully saturated rings. The molecule has 1 N–H and O–H groups in total. The smallest absolute Gasteiger partial charge is 0.283 e. The van der Waals surface area contributed by atoms with E-state index >= 15 is 0 Å². The lowest BCUT2D eigenvalue weighted by Gasteiger charge is -2.20. The second-order valence-electron chi connectivity index (χ2n) is 8.96. The van der Waals surface area contributed by atoms with Gasteiger partial charge >= 0.3 is 0 Å². The van der Waals surface area contributed by atoms with E-state index in [9.17, 15) is 4.79 Å². The SMILES string of the molecule is Cc1ccc(Cn2cc(C=C3C(=N)N4N=C(c5ccccc5C)SC4=NC3=O)c3ccccc32)cc1. The summed E-state index contributed by atoms with van der Waals surface area (Å²) in [6.07, 6.45) is 3.81. The topological polar surface area (TPSA) is 73.8 Å². The maximum absolute atomic E-state index is 13.0. The summed E-state index contributed by atoms with van der Waals surface area (Å²) in [5.41, 5.74) is 6.66. The van der Waals surface area contributed by atoms with Crippen LogP contribution in [0.4, 0.5) is 0 Å². The average molecular weight is 490 g/mol. The number of aryl methyl sites for hydroxylation is 2. The van der Waals surface area contributed by atoms with Crippen LogP contribution in [-0.4, -0.2) is 31.5 Å². The molecule has 0 bridgehead atoms. The van der Waals surface area contributed by atoms with Crippen molar-refractivity contribution >= 4 is 50.7 Å². The first-order valence-electron chi connectivity index (χ1n) is 11.7. The van der Waals surface area contributed by atoms with Gasteiger partial charge in [0.25, 0.3) is 5.91 Å². The van der Waals surface area contributed by atoms with Crippen LogP contribution in [0, 0.1) is 19.3 Å². The molecular weight excluding hydrogens is 466 g/mol. The number of aromatic nitrogens is 1. The van der Waals surface area contributed by atoms with Crippen molar-refractivity contribution in [1.29, 1.82) is 5.41 Å². The Bertz CT molecular complexity index is 1640. The van der Waals surface area contributed by atoms with Crippen molar-refractivity contribution in [2.45, 2.75) is 20.4 Å². The van der Waals surface area contributed by atoms with Crippen molar-refractivity contribution in [3.8, 4) is 0 Å².